The number of hydrogen-bond donors (Lipinski definition) is 1. The molecule has 1 heterocycles. The van der Waals surface area contributed by atoms with E-state index in [1.807, 2.05) is 0 Å². The van der Waals surface area contributed by atoms with Crippen molar-refractivity contribution in [3.63, 3.8) is 0 Å². The smallest absolute Gasteiger partial charge is 0.107 e. The van der Waals surface area contributed by atoms with Crippen LogP contribution in [-0.4, -0.2) is 27.5 Å². The van der Waals surface area contributed by atoms with Crippen molar-refractivity contribution in [2.45, 2.75) is 59.0 Å². The highest BCUT2D eigenvalue weighted by Crippen LogP contribution is 2.24. The molecule has 0 fully saturated rings. The van der Waals surface area contributed by atoms with E-state index in [9.17, 15) is 0 Å². The first-order valence-corrected chi connectivity index (χ1v) is 7.96. The maximum atomic E-state index is 5.59. The number of hydrogen-bond acceptors (Lipinski definition) is 4. The predicted molar refractivity (Wildman–Crippen MR) is 87.8 cm³/mol. The van der Waals surface area contributed by atoms with E-state index >= 15 is 0 Å². The lowest BCUT2D eigenvalue weighted by molar-refractivity contribution is 0.219. The van der Waals surface area contributed by atoms with Crippen LogP contribution < -0.4 is 5.73 Å². The van der Waals surface area contributed by atoms with E-state index in [2.05, 4.69) is 44.9 Å². The van der Waals surface area contributed by atoms with E-state index in [0.29, 0.717) is 11.0 Å². The molecule has 1 rings (SSSR count). The Morgan fingerprint density at radius 1 is 1.47 bits per heavy atom. The molecule has 5 heteroatoms. The highest BCUT2D eigenvalue weighted by Gasteiger charge is 2.19. The van der Waals surface area contributed by atoms with Crippen molar-refractivity contribution in [3.05, 3.63) is 16.1 Å². The Morgan fingerprint density at radius 3 is 2.53 bits per heavy atom. The molecule has 0 saturated carbocycles. The van der Waals surface area contributed by atoms with Crippen LogP contribution in [0.2, 0.25) is 0 Å². The minimum Gasteiger partial charge on any atom is -0.393 e. The minimum absolute atomic E-state index is 0.121. The van der Waals surface area contributed by atoms with Crippen LogP contribution in [0.15, 0.2) is 5.38 Å². The van der Waals surface area contributed by atoms with E-state index in [-0.39, 0.29) is 5.41 Å². The second kappa shape index (κ2) is 6.77. The summed E-state index contributed by atoms with van der Waals surface area (Å²) in [5.74, 6) is 0. The van der Waals surface area contributed by atoms with E-state index in [0.717, 1.165) is 19.5 Å². The predicted octanol–water partition coefficient (Wildman–Crippen LogP) is 3.33. The normalized spacial score (nSPS) is 12.4. The number of rotatable bonds is 6. The summed E-state index contributed by atoms with van der Waals surface area (Å²) in [5.41, 5.74) is 6.88. The lowest BCUT2D eigenvalue weighted by atomic mass is 9.93. The van der Waals surface area contributed by atoms with Crippen LogP contribution in [-0.2, 0) is 12.0 Å². The lowest BCUT2D eigenvalue weighted by Gasteiger charge is -2.25. The van der Waals surface area contributed by atoms with Crippen molar-refractivity contribution in [2.24, 2.45) is 5.73 Å². The first kappa shape index (κ1) is 16.5. The minimum atomic E-state index is 0.121. The molecule has 0 aliphatic rings. The van der Waals surface area contributed by atoms with E-state index in [4.69, 9.17) is 22.9 Å². The second-order valence-electron chi connectivity index (χ2n) is 6.16. The Labute approximate surface area is 126 Å². The zero-order chi connectivity index (χ0) is 14.6. The highest BCUT2D eigenvalue weighted by molar-refractivity contribution is 7.80. The first-order valence-electron chi connectivity index (χ1n) is 6.67. The van der Waals surface area contributed by atoms with Crippen LogP contribution in [0, 0.1) is 0 Å². The van der Waals surface area contributed by atoms with Crippen LogP contribution in [0.3, 0.4) is 0 Å². The summed E-state index contributed by atoms with van der Waals surface area (Å²) < 4.78 is 0. The molecule has 1 aromatic heterocycles. The molecule has 0 aromatic carbocycles. The van der Waals surface area contributed by atoms with Crippen molar-refractivity contribution in [2.75, 3.05) is 6.54 Å². The summed E-state index contributed by atoms with van der Waals surface area (Å²) in [6.45, 7) is 12.7. The largest absolute Gasteiger partial charge is 0.393 e. The Hall–Kier alpha value is -0.520. The SMILES string of the molecule is CC(C)N(CCC(N)=S)Cc1nc(C(C)(C)C)cs1. The fraction of sp³-hybridized carbons (Fsp3) is 0.714. The van der Waals surface area contributed by atoms with Crippen LogP contribution in [0.1, 0.15) is 51.7 Å². The molecule has 2 N–H and O–H groups in total. The number of thiazole rings is 1. The third-order valence-corrected chi connectivity index (χ3v) is 4.07. The van der Waals surface area contributed by atoms with E-state index < -0.39 is 0 Å². The molecule has 3 nitrogen and oxygen atoms in total. The summed E-state index contributed by atoms with van der Waals surface area (Å²) in [7, 11) is 0. The average Bonchev–Trinajstić information content (AvgIpc) is 2.71. The van der Waals surface area contributed by atoms with Gasteiger partial charge in [0.05, 0.1) is 17.2 Å². The van der Waals surface area contributed by atoms with Crippen molar-refractivity contribution < 1.29 is 0 Å². The maximum Gasteiger partial charge on any atom is 0.107 e. The first-order chi connectivity index (χ1) is 8.70. The quantitative estimate of drug-likeness (QED) is 0.818. The number of thiocarbonyl (C=S) groups is 1. The molecule has 108 valence electrons. The summed E-state index contributed by atoms with van der Waals surface area (Å²) in [5, 5.41) is 3.34. The molecule has 0 spiro atoms. The van der Waals surface area contributed by atoms with Gasteiger partial charge in [0.25, 0.3) is 0 Å². The van der Waals surface area contributed by atoms with Crippen molar-refractivity contribution in [1.29, 1.82) is 0 Å². The molecule has 0 atom stereocenters. The Bertz CT molecular complexity index is 419. The summed E-state index contributed by atoms with van der Waals surface area (Å²) >= 11 is 6.70. The van der Waals surface area contributed by atoms with Gasteiger partial charge in [0, 0.05) is 29.8 Å². The summed E-state index contributed by atoms with van der Waals surface area (Å²) in [4.78, 5) is 7.69. The molecule has 0 radical (unpaired) electrons. The van der Waals surface area contributed by atoms with E-state index in [1.54, 1.807) is 11.3 Å². The molecule has 0 unspecified atom stereocenters. The fourth-order valence-corrected chi connectivity index (χ4v) is 2.81. The Kier molecular flexibility index (Phi) is 5.89. The van der Waals surface area contributed by atoms with Crippen molar-refractivity contribution >= 4 is 28.5 Å². The number of nitrogens with zero attached hydrogens (tertiary/aromatic N) is 2. The molecule has 19 heavy (non-hydrogen) atoms. The zero-order valence-electron chi connectivity index (χ0n) is 12.6. The van der Waals surface area contributed by atoms with Gasteiger partial charge < -0.3 is 5.73 Å². The molecular weight excluding hydrogens is 274 g/mol. The summed E-state index contributed by atoms with van der Waals surface area (Å²) in [6, 6.07) is 0.469. The monoisotopic (exact) mass is 299 g/mol. The van der Waals surface area contributed by atoms with Crippen LogP contribution >= 0.6 is 23.6 Å². The standard InChI is InChI=1S/C14H25N3S2/c1-10(2)17(7-6-12(15)18)8-13-16-11(9-19-13)14(3,4)5/h9-10H,6-8H2,1-5H3,(H2,15,18). The molecule has 0 aliphatic carbocycles. The summed E-state index contributed by atoms with van der Waals surface area (Å²) in [6.07, 6.45) is 0.769. The van der Waals surface area contributed by atoms with Crippen LogP contribution in [0.4, 0.5) is 0 Å². The zero-order valence-corrected chi connectivity index (χ0v) is 14.2. The lowest BCUT2D eigenvalue weighted by Crippen LogP contribution is -2.33. The second-order valence-corrected chi connectivity index (χ2v) is 7.62. The van der Waals surface area contributed by atoms with Crippen LogP contribution in [0.5, 0.6) is 0 Å². The van der Waals surface area contributed by atoms with Crippen LogP contribution in [0.25, 0.3) is 0 Å². The molecule has 0 aliphatic heterocycles. The molecule has 0 bridgehead atoms. The van der Waals surface area contributed by atoms with Gasteiger partial charge in [-0.15, -0.1) is 11.3 Å². The molecular formula is C14H25N3S2. The number of aromatic nitrogens is 1. The molecule has 0 saturated heterocycles. The third kappa shape index (κ3) is 5.55. The van der Waals surface area contributed by atoms with Crippen molar-refractivity contribution in [1.82, 2.24) is 9.88 Å². The average molecular weight is 300 g/mol. The van der Waals surface area contributed by atoms with Gasteiger partial charge in [-0.25, -0.2) is 4.98 Å². The highest BCUT2D eigenvalue weighted by atomic mass is 32.1. The van der Waals surface area contributed by atoms with E-state index in [1.165, 1.54) is 10.7 Å². The maximum absolute atomic E-state index is 5.59. The Balaban J connectivity index is 2.69. The fourth-order valence-electron chi connectivity index (χ4n) is 1.68. The van der Waals surface area contributed by atoms with Gasteiger partial charge in [-0.3, -0.25) is 4.90 Å². The van der Waals surface area contributed by atoms with Gasteiger partial charge in [0.15, 0.2) is 0 Å². The van der Waals surface area contributed by atoms with Gasteiger partial charge >= 0.3 is 0 Å². The van der Waals surface area contributed by atoms with Gasteiger partial charge in [-0.1, -0.05) is 33.0 Å². The van der Waals surface area contributed by atoms with Gasteiger partial charge in [0.1, 0.15) is 5.01 Å². The Morgan fingerprint density at radius 2 is 2.11 bits per heavy atom. The molecule has 0 amide bonds. The van der Waals surface area contributed by atoms with Gasteiger partial charge in [-0.2, -0.15) is 0 Å². The molecule has 1 aromatic rings. The topological polar surface area (TPSA) is 42.1 Å². The number of nitrogens with two attached hydrogens (primary N) is 1. The van der Waals surface area contributed by atoms with Gasteiger partial charge in [-0.05, 0) is 13.8 Å². The van der Waals surface area contributed by atoms with Gasteiger partial charge in [0.2, 0.25) is 0 Å². The van der Waals surface area contributed by atoms with Crippen molar-refractivity contribution in [3.8, 4) is 0 Å². The third-order valence-electron chi connectivity index (χ3n) is 3.03.